The van der Waals surface area contributed by atoms with E-state index >= 15 is 0 Å². The van der Waals surface area contributed by atoms with Crippen LogP contribution in [0.25, 0.3) is 0 Å². The van der Waals surface area contributed by atoms with Crippen LogP contribution in [0.1, 0.15) is 40.2 Å². The zero-order valence-electron chi connectivity index (χ0n) is 21.8. The Bertz CT molecular complexity index is 1340. The average molecular weight is 524 g/mol. The largest absolute Gasteiger partial charge is 0.462 e. The number of halogens is 1. The van der Waals surface area contributed by atoms with Gasteiger partial charge in [-0.3, -0.25) is 4.79 Å². The molecule has 8 nitrogen and oxygen atoms in total. The first-order valence-electron chi connectivity index (χ1n) is 12.1. The van der Waals surface area contributed by atoms with Crippen molar-refractivity contribution < 1.29 is 23.9 Å². The topological polar surface area (TPSA) is 88.5 Å². The Labute approximate surface area is 221 Å². The maximum atomic E-state index is 14.2. The number of hydrogen-bond donors (Lipinski definition) is 0. The van der Waals surface area contributed by atoms with Gasteiger partial charge in [-0.1, -0.05) is 35.9 Å². The van der Waals surface area contributed by atoms with Crippen molar-refractivity contribution >= 4 is 46.5 Å². The molecule has 4 rings (SSSR count). The summed E-state index contributed by atoms with van der Waals surface area (Å²) in [6, 6.07) is 14.5. The quantitative estimate of drug-likeness (QED) is 0.418. The van der Waals surface area contributed by atoms with Crippen molar-refractivity contribution in [1.82, 2.24) is 4.90 Å². The predicted octanol–water partition coefficient (Wildman–Crippen LogP) is 4.67. The highest BCUT2D eigenvalue weighted by Crippen LogP contribution is 2.52. The van der Waals surface area contributed by atoms with Crippen molar-refractivity contribution in [2.75, 3.05) is 25.2 Å². The van der Waals surface area contributed by atoms with Crippen LogP contribution in [-0.2, 0) is 23.9 Å². The summed E-state index contributed by atoms with van der Waals surface area (Å²) < 4.78 is 10.7. The molecule has 2 aromatic carbocycles. The number of aliphatic imine (C=N–C) groups is 1. The third-order valence-corrected chi connectivity index (χ3v) is 6.59. The number of rotatable bonds is 5. The van der Waals surface area contributed by atoms with Crippen LogP contribution >= 0.6 is 11.6 Å². The lowest BCUT2D eigenvalue weighted by Gasteiger charge is -2.49. The highest BCUT2D eigenvalue weighted by atomic mass is 35.5. The second kappa shape index (κ2) is 9.67. The van der Waals surface area contributed by atoms with Crippen molar-refractivity contribution in [3.8, 4) is 0 Å². The van der Waals surface area contributed by atoms with Crippen molar-refractivity contribution in [2.24, 2.45) is 4.99 Å². The lowest BCUT2D eigenvalue weighted by Crippen LogP contribution is -2.67. The number of nitrogens with zero attached hydrogens (tertiary/aromatic N) is 3. The molecule has 2 aliphatic rings. The SMILES string of the molecule is CCOC(=O)C1=C(C(=O)OCC)C2(C(=Nc3cccc(Cl)c3)c3ccccc3N2C)N(C(C)(C)C)C1=O. The van der Waals surface area contributed by atoms with E-state index in [1.54, 1.807) is 45.2 Å². The molecular formula is C28H30ClN3O5. The van der Waals surface area contributed by atoms with Crippen LogP contribution in [0.15, 0.2) is 64.7 Å². The first-order valence-corrected chi connectivity index (χ1v) is 12.5. The number of carbonyl (C=O) groups is 3. The van der Waals surface area contributed by atoms with Crippen molar-refractivity contribution in [3.63, 3.8) is 0 Å². The van der Waals surface area contributed by atoms with Crippen LogP contribution in [0.2, 0.25) is 5.02 Å². The lowest BCUT2D eigenvalue weighted by molar-refractivity contribution is -0.143. The van der Waals surface area contributed by atoms with Crippen LogP contribution in [0, 0.1) is 0 Å². The maximum absolute atomic E-state index is 14.2. The van der Waals surface area contributed by atoms with E-state index in [4.69, 9.17) is 26.1 Å². The second-order valence-corrected chi connectivity index (χ2v) is 10.1. The van der Waals surface area contributed by atoms with Gasteiger partial charge in [0, 0.05) is 28.9 Å². The maximum Gasteiger partial charge on any atom is 0.344 e. The molecule has 1 unspecified atom stereocenters. The highest BCUT2D eigenvalue weighted by Gasteiger charge is 2.67. The van der Waals surface area contributed by atoms with Gasteiger partial charge in [-0.15, -0.1) is 0 Å². The van der Waals surface area contributed by atoms with E-state index in [1.807, 2.05) is 49.9 Å². The lowest BCUT2D eigenvalue weighted by atomic mass is 9.88. The Morgan fingerprint density at radius 2 is 1.65 bits per heavy atom. The Kier molecular flexibility index (Phi) is 6.90. The fourth-order valence-electron chi connectivity index (χ4n) is 5.12. The van der Waals surface area contributed by atoms with Gasteiger partial charge >= 0.3 is 11.9 Å². The van der Waals surface area contributed by atoms with Gasteiger partial charge < -0.3 is 19.3 Å². The van der Waals surface area contributed by atoms with Gasteiger partial charge in [-0.25, -0.2) is 14.6 Å². The summed E-state index contributed by atoms with van der Waals surface area (Å²) in [5.41, 5.74) is -0.541. The van der Waals surface area contributed by atoms with Gasteiger partial charge in [-0.2, -0.15) is 0 Å². The molecule has 0 fully saturated rings. The fraction of sp³-hybridized carbons (Fsp3) is 0.357. The van der Waals surface area contributed by atoms with Crippen LogP contribution in [0.4, 0.5) is 11.4 Å². The molecule has 0 N–H and O–H groups in total. The van der Waals surface area contributed by atoms with E-state index in [-0.39, 0.29) is 24.4 Å². The van der Waals surface area contributed by atoms with E-state index < -0.39 is 29.0 Å². The molecule has 0 bridgehead atoms. The van der Waals surface area contributed by atoms with Gasteiger partial charge in [0.25, 0.3) is 5.91 Å². The summed E-state index contributed by atoms with van der Waals surface area (Å²) in [6.07, 6.45) is 0. The number of hydrogen-bond acceptors (Lipinski definition) is 7. The third-order valence-electron chi connectivity index (χ3n) is 6.35. The van der Waals surface area contributed by atoms with Crippen molar-refractivity contribution in [2.45, 2.75) is 45.8 Å². The summed E-state index contributed by atoms with van der Waals surface area (Å²) in [5, 5.41) is 0.485. The number of benzene rings is 2. The van der Waals surface area contributed by atoms with Gasteiger partial charge in [0.15, 0.2) is 5.66 Å². The third kappa shape index (κ3) is 4.09. The minimum Gasteiger partial charge on any atom is -0.462 e. The molecule has 0 saturated heterocycles. The zero-order chi connectivity index (χ0) is 27.1. The van der Waals surface area contributed by atoms with Gasteiger partial charge in [0.05, 0.1) is 18.9 Å². The summed E-state index contributed by atoms with van der Waals surface area (Å²) >= 11 is 6.27. The smallest absolute Gasteiger partial charge is 0.344 e. The first kappa shape index (κ1) is 26.4. The normalized spacial score (nSPS) is 20.2. The molecule has 2 aromatic rings. The van der Waals surface area contributed by atoms with Crippen LogP contribution in [0.5, 0.6) is 0 Å². The summed E-state index contributed by atoms with van der Waals surface area (Å²) in [5.74, 6) is -2.30. The van der Waals surface area contributed by atoms with E-state index in [9.17, 15) is 14.4 Å². The molecule has 194 valence electrons. The van der Waals surface area contributed by atoms with Gasteiger partial charge in [0.1, 0.15) is 16.9 Å². The van der Waals surface area contributed by atoms with Crippen LogP contribution in [-0.4, -0.2) is 59.9 Å². The molecular weight excluding hydrogens is 494 g/mol. The minimum atomic E-state index is -1.59. The van der Waals surface area contributed by atoms with E-state index in [0.717, 1.165) is 5.69 Å². The standard InChI is InChI=1S/C28H30ClN3O5/c1-7-36-25(34)21-22(26(35)37-8-2)28(32(24(21)33)27(3,4)5)23(30-18-13-11-12-17(29)16-18)19-14-9-10-15-20(19)31(28)6/h9-16H,7-8H2,1-6H3. The number of anilines is 1. The van der Waals surface area contributed by atoms with Crippen LogP contribution in [0.3, 0.4) is 0 Å². The number of para-hydroxylation sites is 1. The predicted molar refractivity (Wildman–Crippen MR) is 142 cm³/mol. The number of esters is 2. The molecule has 2 aliphatic heterocycles. The molecule has 0 aromatic heterocycles. The van der Waals surface area contributed by atoms with Crippen LogP contribution < -0.4 is 4.90 Å². The fourth-order valence-corrected chi connectivity index (χ4v) is 5.31. The number of carbonyl (C=O) groups excluding carboxylic acids is 3. The number of amides is 1. The van der Waals surface area contributed by atoms with Crippen molar-refractivity contribution in [3.05, 3.63) is 70.3 Å². The van der Waals surface area contributed by atoms with Crippen molar-refractivity contribution in [1.29, 1.82) is 0 Å². The molecule has 0 aliphatic carbocycles. The highest BCUT2D eigenvalue weighted by molar-refractivity contribution is 6.33. The first-order chi connectivity index (χ1) is 17.5. The van der Waals surface area contributed by atoms with E-state index in [0.29, 0.717) is 22.0 Å². The Morgan fingerprint density at radius 3 is 2.27 bits per heavy atom. The number of fused-ring (bicyclic) bond motifs is 1. The molecule has 2 heterocycles. The summed E-state index contributed by atoms with van der Waals surface area (Å²) in [4.78, 5) is 49.5. The van der Waals surface area contributed by atoms with E-state index in [2.05, 4.69) is 0 Å². The molecule has 1 spiro atoms. The monoisotopic (exact) mass is 523 g/mol. The molecule has 0 radical (unpaired) electrons. The number of ether oxygens (including phenoxy) is 2. The average Bonchev–Trinajstić information content (AvgIpc) is 3.24. The molecule has 9 heteroatoms. The molecule has 1 atom stereocenters. The van der Waals surface area contributed by atoms with Gasteiger partial charge in [-0.05, 0) is 58.9 Å². The molecule has 0 saturated carbocycles. The molecule has 1 amide bonds. The summed E-state index contributed by atoms with van der Waals surface area (Å²) in [6.45, 7) is 8.93. The Hall–Kier alpha value is -3.65. The zero-order valence-corrected chi connectivity index (χ0v) is 22.5. The van der Waals surface area contributed by atoms with Gasteiger partial charge in [0.2, 0.25) is 0 Å². The van der Waals surface area contributed by atoms with E-state index in [1.165, 1.54) is 4.90 Å². The Morgan fingerprint density at radius 1 is 1.00 bits per heavy atom. The second-order valence-electron chi connectivity index (χ2n) is 9.69. The number of likely N-dealkylation sites (N-methyl/N-ethyl adjacent to an activating group) is 1. The summed E-state index contributed by atoms with van der Waals surface area (Å²) in [7, 11) is 1.78. The minimum absolute atomic E-state index is 0.0355. The Balaban J connectivity index is 2.18. The molecule has 37 heavy (non-hydrogen) atoms.